The maximum Gasteiger partial charge on any atom is 0.331 e. The van der Waals surface area contributed by atoms with Crippen molar-refractivity contribution >= 4 is 17.8 Å². The van der Waals surface area contributed by atoms with E-state index in [1.54, 1.807) is 13.1 Å². The smallest absolute Gasteiger partial charge is 0.331 e. The lowest BCUT2D eigenvalue weighted by atomic mass is 9.93. The summed E-state index contributed by atoms with van der Waals surface area (Å²) in [4.78, 5) is 46.7. The van der Waals surface area contributed by atoms with Crippen LogP contribution in [0.15, 0.2) is 36.2 Å². The topological polar surface area (TPSA) is 139 Å². The molecule has 2 fully saturated rings. The van der Waals surface area contributed by atoms with Crippen molar-refractivity contribution in [2.75, 3.05) is 0 Å². The van der Waals surface area contributed by atoms with Gasteiger partial charge in [0.15, 0.2) is 12.1 Å². The summed E-state index contributed by atoms with van der Waals surface area (Å²) in [6, 6.07) is 7.93. The Hall–Kier alpha value is -3.89. The molecule has 3 N–H and O–H groups in total. The number of ether oxygens (including phenoxy) is 1. The van der Waals surface area contributed by atoms with Gasteiger partial charge in [0.2, 0.25) is 11.6 Å². The van der Waals surface area contributed by atoms with Crippen molar-refractivity contribution in [1.29, 1.82) is 0 Å². The number of hydrogen-bond acceptors (Lipinski definition) is 8. The second-order valence-electron chi connectivity index (χ2n) is 10.2. The molecule has 0 saturated heterocycles. The van der Waals surface area contributed by atoms with E-state index in [0.29, 0.717) is 11.7 Å². The van der Waals surface area contributed by atoms with Crippen LogP contribution in [0.25, 0.3) is 11.4 Å². The number of nitrogens with zero attached hydrogens (tertiary/aromatic N) is 3. The summed E-state index contributed by atoms with van der Waals surface area (Å²) in [5.74, 6) is -0.165. The van der Waals surface area contributed by atoms with Crippen LogP contribution >= 0.6 is 0 Å². The van der Waals surface area contributed by atoms with E-state index in [4.69, 9.17) is 9.57 Å². The maximum atomic E-state index is 12.7. The monoisotopic (exact) mass is 522 g/mol. The van der Waals surface area contributed by atoms with Gasteiger partial charge in [-0.1, -0.05) is 44.4 Å². The van der Waals surface area contributed by atoms with E-state index in [-0.39, 0.29) is 36.0 Å². The summed E-state index contributed by atoms with van der Waals surface area (Å²) in [6.07, 6.45) is 9.00. The maximum absolute atomic E-state index is 12.7. The second kappa shape index (κ2) is 11.2. The van der Waals surface area contributed by atoms with Gasteiger partial charge in [-0.2, -0.15) is 5.48 Å². The quantitative estimate of drug-likeness (QED) is 0.448. The van der Waals surface area contributed by atoms with Crippen molar-refractivity contribution in [2.45, 2.75) is 83.5 Å². The number of hydrogen-bond donors (Lipinski definition) is 3. The van der Waals surface area contributed by atoms with Crippen molar-refractivity contribution in [2.24, 2.45) is 5.92 Å². The molecule has 0 unspecified atom stereocenters. The summed E-state index contributed by atoms with van der Waals surface area (Å²) in [5.41, 5.74) is 3.74. The number of aromatic amines is 1. The second-order valence-corrected chi connectivity index (χ2v) is 10.2. The number of benzene rings is 1. The molecule has 11 nitrogen and oxygen atoms in total. The molecule has 2 saturated carbocycles. The van der Waals surface area contributed by atoms with Crippen LogP contribution in [0.2, 0.25) is 0 Å². The minimum absolute atomic E-state index is 0.0817. The molecule has 202 valence electrons. The SMILES string of the molecule is CCC(=O)ONC(=O)C1=CN(C2CCCCC2)[C@H](c2cccc(-c3nnc(C(=O)N[C@@H](C)C4CC4)[nH]3)c2)O1. The Bertz CT molecular complexity index is 1220. The van der Waals surface area contributed by atoms with E-state index in [1.807, 2.05) is 31.2 Å². The van der Waals surface area contributed by atoms with Crippen molar-refractivity contribution in [3.05, 3.63) is 47.6 Å². The molecule has 1 aromatic carbocycles. The molecule has 11 heteroatoms. The van der Waals surface area contributed by atoms with Crippen LogP contribution in [0.1, 0.15) is 87.6 Å². The van der Waals surface area contributed by atoms with E-state index in [2.05, 4.69) is 30.9 Å². The van der Waals surface area contributed by atoms with Gasteiger partial charge in [0.1, 0.15) is 0 Å². The zero-order chi connectivity index (χ0) is 26.6. The van der Waals surface area contributed by atoms with Crippen molar-refractivity contribution < 1.29 is 24.0 Å². The first-order valence-electron chi connectivity index (χ1n) is 13.4. The molecule has 2 aromatic rings. The Morgan fingerprint density at radius 2 is 1.92 bits per heavy atom. The van der Waals surface area contributed by atoms with Gasteiger partial charge in [-0.25, -0.2) is 4.79 Å². The lowest BCUT2D eigenvalue weighted by molar-refractivity contribution is -0.158. The normalized spacial score (nSPS) is 20.3. The summed E-state index contributed by atoms with van der Waals surface area (Å²) in [5, 5.41) is 11.2. The molecule has 2 amide bonds. The van der Waals surface area contributed by atoms with Gasteiger partial charge in [0.05, 0.1) is 6.20 Å². The van der Waals surface area contributed by atoms with Gasteiger partial charge < -0.3 is 24.8 Å². The zero-order valence-electron chi connectivity index (χ0n) is 21.7. The number of amides is 2. The van der Waals surface area contributed by atoms with E-state index >= 15 is 0 Å². The molecule has 1 aliphatic heterocycles. The average molecular weight is 523 g/mol. The highest BCUT2D eigenvalue weighted by Gasteiger charge is 2.36. The van der Waals surface area contributed by atoms with Gasteiger partial charge in [-0.15, -0.1) is 10.2 Å². The number of carbonyl (C=O) groups is 3. The number of nitrogens with one attached hydrogen (secondary N) is 3. The number of rotatable bonds is 8. The third kappa shape index (κ3) is 5.81. The highest BCUT2D eigenvalue weighted by Crippen LogP contribution is 2.38. The first kappa shape index (κ1) is 25.7. The molecular formula is C27H34N6O5. The van der Waals surface area contributed by atoms with Gasteiger partial charge in [0.25, 0.3) is 5.91 Å². The minimum atomic E-state index is -0.613. The van der Waals surface area contributed by atoms with E-state index in [0.717, 1.165) is 49.7 Å². The molecule has 0 bridgehead atoms. The first-order chi connectivity index (χ1) is 18.4. The highest BCUT2D eigenvalue weighted by molar-refractivity contribution is 5.92. The van der Waals surface area contributed by atoms with Crippen LogP contribution in [0, 0.1) is 5.92 Å². The molecule has 3 aliphatic rings. The molecule has 1 aromatic heterocycles. The van der Waals surface area contributed by atoms with Crippen LogP contribution < -0.4 is 10.8 Å². The summed E-state index contributed by atoms with van der Waals surface area (Å²) in [6.45, 7) is 3.65. The Morgan fingerprint density at radius 3 is 2.66 bits per heavy atom. The number of aromatic nitrogens is 3. The van der Waals surface area contributed by atoms with Crippen LogP contribution in [0.5, 0.6) is 0 Å². The predicted molar refractivity (Wildman–Crippen MR) is 137 cm³/mol. The van der Waals surface area contributed by atoms with Gasteiger partial charge >= 0.3 is 11.9 Å². The molecule has 2 aliphatic carbocycles. The average Bonchev–Trinajstić information content (AvgIpc) is 3.51. The van der Waals surface area contributed by atoms with Crippen LogP contribution in [-0.4, -0.2) is 49.9 Å². The number of hydroxylamine groups is 1. The largest absolute Gasteiger partial charge is 0.459 e. The zero-order valence-corrected chi connectivity index (χ0v) is 21.7. The van der Waals surface area contributed by atoms with Gasteiger partial charge in [-0.05, 0) is 44.6 Å². The molecule has 0 radical (unpaired) electrons. The van der Waals surface area contributed by atoms with Crippen LogP contribution in [0.4, 0.5) is 0 Å². The Labute approximate surface area is 221 Å². The minimum Gasteiger partial charge on any atom is -0.459 e. The number of carbonyl (C=O) groups excluding carboxylic acids is 3. The summed E-state index contributed by atoms with van der Waals surface area (Å²) in [7, 11) is 0. The summed E-state index contributed by atoms with van der Waals surface area (Å²) >= 11 is 0. The fourth-order valence-corrected chi connectivity index (χ4v) is 4.99. The Kier molecular flexibility index (Phi) is 7.62. The van der Waals surface area contributed by atoms with Gasteiger partial charge in [0, 0.05) is 29.6 Å². The van der Waals surface area contributed by atoms with Gasteiger partial charge in [-0.3, -0.25) is 9.59 Å². The third-order valence-electron chi connectivity index (χ3n) is 7.38. The number of H-pyrrole nitrogens is 1. The fraction of sp³-hybridized carbons (Fsp3) is 0.519. The van der Waals surface area contributed by atoms with E-state index in [9.17, 15) is 14.4 Å². The first-order valence-corrected chi connectivity index (χ1v) is 13.4. The predicted octanol–water partition coefficient (Wildman–Crippen LogP) is 3.49. The molecular weight excluding hydrogens is 488 g/mol. The third-order valence-corrected chi connectivity index (χ3v) is 7.38. The Morgan fingerprint density at radius 1 is 1.13 bits per heavy atom. The highest BCUT2D eigenvalue weighted by atomic mass is 16.7. The molecule has 2 atom stereocenters. The fourth-order valence-electron chi connectivity index (χ4n) is 4.99. The van der Waals surface area contributed by atoms with Crippen LogP contribution in [-0.2, 0) is 19.2 Å². The van der Waals surface area contributed by atoms with Crippen molar-refractivity contribution in [3.63, 3.8) is 0 Å². The summed E-state index contributed by atoms with van der Waals surface area (Å²) < 4.78 is 6.12. The van der Waals surface area contributed by atoms with Crippen molar-refractivity contribution in [1.82, 2.24) is 30.9 Å². The van der Waals surface area contributed by atoms with E-state index in [1.165, 1.54) is 6.42 Å². The molecule has 38 heavy (non-hydrogen) atoms. The van der Waals surface area contributed by atoms with E-state index < -0.39 is 18.1 Å². The lowest BCUT2D eigenvalue weighted by Crippen LogP contribution is -2.34. The Balaban J connectivity index is 1.33. The lowest BCUT2D eigenvalue weighted by Gasteiger charge is -2.35. The van der Waals surface area contributed by atoms with Crippen molar-refractivity contribution in [3.8, 4) is 11.4 Å². The molecule has 0 spiro atoms. The van der Waals surface area contributed by atoms with Crippen LogP contribution in [0.3, 0.4) is 0 Å². The molecule has 5 rings (SSSR count). The standard InChI is InChI=1S/C27H34N6O5/c1-3-22(34)38-32-25(35)21-15-33(20-10-5-4-6-11-20)27(37-21)19-9-7-8-18(14-19)23-29-24(31-30-23)26(36)28-16(2)17-12-13-17/h7-9,14-17,20,27H,3-6,10-13H2,1-2H3,(H,28,36)(H,32,35)(H,29,30,31)/t16-,27-/m0/s1. The molecule has 2 heterocycles.